The van der Waals surface area contributed by atoms with Crippen molar-refractivity contribution in [2.24, 2.45) is 0 Å². The summed E-state index contributed by atoms with van der Waals surface area (Å²) >= 11 is 0. The van der Waals surface area contributed by atoms with Crippen LogP contribution in [0.4, 0.5) is 0 Å². The van der Waals surface area contributed by atoms with Crippen LogP contribution >= 0.6 is 0 Å². The number of fused-ring (bicyclic) bond motifs is 1. The monoisotopic (exact) mass is 188 g/mol. The summed E-state index contributed by atoms with van der Waals surface area (Å²) in [5.74, 6) is -0.519. The highest BCUT2D eigenvalue weighted by molar-refractivity contribution is 4.90. The van der Waals surface area contributed by atoms with Crippen LogP contribution in [-0.2, 0) is 19.2 Å². The Morgan fingerprint density at radius 2 is 1.23 bits per heavy atom. The third-order valence-electron chi connectivity index (χ3n) is 2.45. The van der Waals surface area contributed by atoms with E-state index in [1.54, 1.807) is 0 Å². The van der Waals surface area contributed by atoms with Crippen LogP contribution in [0.25, 0.3) is 0 Å². The van der Waals surface area contributed by atoms with Gasteiger partial charge in [-0.05, 0) is 27.7 Å². The molecule has 4 atom stereocenters. The van der Waals surface area contributed by atoms with Crippen molar-refractivity contribution in [3.05, 3.63) is 0 Å². The summed E-state index contributed by atoms with van der Waals surface area (Å²) in [5.41, 5.74) is 0. The second kappa shape index (κ2) is 2.92. The van der Waals surface area contributed by atoms with E-state index in [-0.39, 0.29) is 24.4 Å². The van der Waals surface area contributed by atoms with Crippen molar-refractivity contribution in [2.45, 2.75) is 57.9 Å². The molecule has 0 amide bonds. The Balaban J connectivity index is 2.14. The molecule has 0 N–H and O–H groups in total. The molecule has 2 rings (SSSR count). The van der Waals surface area contributed by atoms with Gasteiger partial charge in [0.25, 0.3) is 0 Å². The molecule has 0 radical (unpaired) electrons. The summed E-state index contributed by atoms with van der Waals surface area (Å²) in [7, 11) is 0. The predicted octanol–water partition coefficient (Wildman–Crippen LogP) is 1.25. The maximum atomic E-state index is 5.71. The number of rotatable bonds is 0. The number of hydrogen-bond donors (Lipinski definition) is 0. The molecular weight excluding hydrogens is 172 g/mol. The van der Waals surface area contributed by atoms with E-state index in [1.165, 1.54) is 0 Å². The van der Waals surface area contributed by atoms with Gasteiger partial charge in [-0.3, -0.25) is 0 Å². The number of hydrogen-bond acceptors (Lipinski definition) is 4. The molecule has 2 heterocycles. The molecule has 0 bridgehead atoms. The molecule has 2 saturated heterocycles. The van der Waals surface area contributed by atoms with Crippen molar-refractivity contribution in [2.75, 3.05) is 0 Å². The Kier molecular flexibility index (Phi) is 2.11. The predicted molar refractivity (Wildman–Crippen MR) is 44.9 cm³/mol. The van der Waals surface area contributed by atoms with E-state index >= 15 is 0 Å². The fourth-order valence-electron chi connectivity index (χ4n) is 1.83. The van der Waals surface area contributed by atoms with Gasteiger partial charge in [0.15, 0.2) is 5.79 Å². The van der Waals surface area contributed by atoms with Gasteiger partial charge < -0.3 is 9.47 Å². The zero-order valence-corrected chi connectivity index (χ0v) is 8.44. The second-order valence-corrected chi connectivity index (χ2v) is 4.17. The van der Waals surface area contributed by atoms with Crippen molar-refractivity contribution < 1.29 is 19.2 Å². The second-order valence-electron chi connectivity index (χ2n) is 4.17. The Hall–Kier alpha value is -0.160. The van der Waals surface area contributed by atoms with Crippen LogP contribution in [0.5, 0.6) is 0 Å². The molecule has 2 aliphatic heterocycles. The van der Waals surface area contributed by atoms with Gasteiger partial charge in [0.05, 0.1) is 0 Å². The maximum absolute atomic E-state index is 5.71. The van der Waals surface area contributed by atoms with Crippen molar-refractivity contribution in [3.63, 3.8) is 0 Å². The fourth-order valence-corrected chi connectivity index (χ4v) is 1.83. The summed E-state index contributed by atoms with van der Waals surface area (Å²) < 4.78 is 11.4. The molecule has 4 nitrogen and oxygen atoms in total. The Morgan fingerprint density at radius 1 is 0.846 bits per heavy atom. The fraction of sp³-hybridized carbons (Fsp3) is 1.00. The molecule has 0 unspecified atom stereocenters. The smallest absolute Gasteiger partial charge is 0.164 e. The van der Waals surface area contributed by atoms with Crippen LogP contribution in [-0.4, -0.2) is 30.2 Å². The summed E-state index contributed by atoms with van der Waals surface area (Å²) in [4.78, 5) is 10.2. The number of ether oxygens (including phenoxy) is 2. The molecule has 0 spiro atoms. The van der Waals surface area contributed by atoms with Gasteiger partial charge >= 0.3 is 0 Å². The quantitative estimate of drug-likeness (QED) is 0.536. The molecule has 4 heteroatoms. The molecule has 0 saturated carbocycles. The van der Waals surface area contributed by atoms with Crippen LogP contribution in [0.2, 0.25) is 0 Å². The molecule has 0 aliphatic carbocycles. The van der Waals surface area contributed by atoms with Gasteiger partial charge in [0.1, 0.15) is 24.4 Å². The summed E-state index contributed by atoms with van der Waals surface area (Å²) in [5, 5.41) is 0. The van der Waals surface area contributed by atoms with Crippen LogP contribution < -0.4 is 0 Å². The van der Waals surface area contributed by atoms with E-state index in [4.69, 9.17) is 19.2 Å². The van der Waals surface area contributed by atoms with E-state index in [1.807, 2.05) is 27.7 Å². The van der Waals surface area contributed by atoms with Gasteiger partial charge in [-0.15, -0.1) is 0 Å². The SMILES string of the molecule is C[C@@H]1OO[C@H](C)[C@H]2OC(C)(C)O[C@H]21. The first-order valence-corrected chi connectivity index (χ1v) is 4.67. The average Bonchev–Trinajstić information content (AvgIpc) is 2.35. The summed E-state index contributed by atoms with van der Waals surface area (Å²) in [6.07, 6.45) is -0.163. The van der Waals surface area contributed by atoms with E-state index < -0.39 is 5.79 Å². The van der Waals surface area contributed by atoms with Crippen molar-refractivity contribution in [1.29, 1.82) is 0 Å². The lowest BCUT2D eigenvalue weighted by molar-refractivity contribution is -0.393. The van der Waals surface area contributed by atoms with Gasteiger partial charge in [0.2, 0.25) is 0 Å². The van der Waals surface area contributed by atoms with Gasteiger partial charge in [-0.1, -0.05) is 0 Å². The zero-order chi connectivity index (χ0) is 9.64. The molecule has 2 fully saturated rings. The third kappa shape index (κ3) is 1.59. The Labute approximate surface area is 78.0 Å². The highest BCUT2D eigenvalue weighted by Crippen LogP contribution is 2.36. The molecule has 0 aromatic carbocycles. The largest absolute Gasteiger partial charge is 0.342 e. The molecule has 0 aromatic rings. The van der Waals surface area contributed by atoms with Gasteiger partial charge in [-0.2, -0.15) is 0 Å². The first-order valence-electron chi connectivity index (χ1n) is 4.67. The standard InChI is InChI=1S/C9H16O4/c1-5-7-8(6(2)13-12-5)11-9(3,4)10-7/h5-8H,1-4H3/t5-,6+,7-,8+. The average molecular weight is 188 g/mol. The first-order chi connectivity index (χ1) is 5.99. The van der Waals surface area contributed by atoms with Crippen LogP contribution in [0, 0.1) is 0 Å². The van der Waals surface area contributed by atoms with Crippen molar-refractivity contribution in [3.8, 4) is 0 Å². The lowest BCUT2D eigenvalue weighted by Gasteiger charge is -2.32. The molecule has 76 valence electrons. The summed E-state index contributed by atoms with van der Waals surface area (Å²) in [6, 6.07) is 0. The van der Waals surface area contributed by atoms with E-state index in [2.05, 4.69) is 0 Å². The Morgan fingerprint density at radius 3 is 1.62 bits per heavy atom. The van der Waals surface area contributed by atoms with E-state index in [0.717, 1.165) is 0 Å². The lowest BCUT2D eigenvalue weighted by Crippen LogP contribution is -2.47. The molecule has 13 heavy (non-hydrogen) atoms. The minimum atomic E-state index is -0.519. The highest BCUT2D eigenvalue weighted by atomic mass is 17.2. The topological polar surface area (TPSA) is 36.9 Å². The molecular formula is C9H16O4. The van der Waals surface area contributed by atoms with Crippen molar-refractivity contribution >= 4 is 0 Å². The van der Waals surface area contributed by atoms with Crippen molar-refractivity contribution in [1.82, 2.24) is 0 Å². The molecule has 2 aliphatic rings. The van der Waals surface area contributed by atoms with Crippen LogP contribution in [0.15, 0.2) is 0 Å². The van der Waals surface area contributed by atoms with Gasteiger partial charge in [0, 0.05) is 0 Å². The minimum absolute atomic E-state index is 0.0150. The van der Waals surface area contributed by atoms with Crippen LogP contribution in [0.3, 0.4) is 0 Å². The zero-order valence-electron chi connectivity index (χ0n) is 8.44. The highest BCUT2D eigenvalue weighted by Gasteiger charge is 2.50. The normalized spacial score (nSPS) is 48.9. The summed E-state index contributed by atoms with van der Waals surface area (Å²) in [6.45, 7) is 7.66. The minimum Gasteiger partial charge on any atom is -0.342 e. The van der Waals surface area contributed by atoms with E-state index in [0.29, 0.717) is 0 Å². The first kappa shape index (κ1) is 9.40. The third-order valence-corrected chi connectivity index (χ3v) is 2.45. The van der Waals surface area contributed by atoms with Crippen LogP contribution in [0.1, 0.15) is 27.7 Å². The van der Waals surface area contributed by atoms with E-state index in [9.17, 15) is 0 Å². The van der Waals surface area contributed by atoms with Gasteiger partial charge in [-0.25, -0.2) is 9.78 Å². The Bertz CT molecular complexity index is 184. The molecule has 0 aromatic heterocycles. The lowest BCUT2D eigenvalue weighted by atomic mass is 10.0. The maximum Gasteiger partial charge on any atom is 0.164 e.